The molecule has 0 spiro atoms. The average molecular weight is 561 g/mol. The number of hydrogen-bond acceptors (Lipinski definition) is 9. The van der Waals surface area contributed by atoms with E-state index in [-0.39, 0.29) is 11.8 Å². The SMILES string of the molecule is COC(=O)c1c(C)cc(N2CCN(C(=O)c3cnc(NCc4ccc(OC)cc4)c(C(C)C)n3)C(C)(C)C2)nc1C. The van der Waals surface area contributed by atoms with Crippen LogP contribution in [0.3, 0.4) is 0 Å². The van der Waals surface area contributed by atoms with Crippen LogP contribution in [-0.2, 0) is 11.3 Å². The third-order valence-electron chi connectivity index (χ3n) is 7.43. The Labute approximate surface area is 242 Å². The van der Waals surface area contributed by atoms with E-state index in [1.165, 1.54) is 7.11 Å². The molecule has 0 bridgehead atoms. The largest absolute Gasteiger partial charge is 0.497 e. The lowest BCUT2D eigenvalue weighted by Crippen LogP contribution is -2.61. The number of aryl methyl sites for hydroxylation is 2. The molecule has 0 saturated carbocycles. The first-order chi connectivity index (χ1) is 19.4. The molecule has 218 valence electrons. The number of anilines is 2. The number of ether oxygens (including phenoxy) is 2. The Hall–Kier alpha value is -4.21. The fourth-order valence-corrected chi connectivity index (χ4v) is 5.22. The van der Waals surface area contributed by atoms with Crippen LogP contribution in [0.5, 0.6) is 5.75 Å². The highest BCUT2D eigenvalue weighted by atomic mass is 16.5. The first-order valence-corrected chi connectivity index (χ1v) is 13.8. The van der Waals surface area contributed by atoms with Crippen LogP contribution in [0, 0.1) is 13.8 Å². The van der Waals surface area contributed by atoms with Crippen molar-refractivity contribution in [3.63, 3.8) is 0 Å². The quantitative estimate of drug-likeness (QED) is 0.390. The summed E-state index contributed by atoms with van der Waals surface area (Å²) in [6, 6.07) is 9.75. The Morgan fingerprint density at radius 2 is 1.78 bits per heavy atom. The molecule has 0 radical (unpaired) electrons. The van der Waals surface area contributed by atoms with Crippen LogP contribution in [-0.4, -0.2) is 71.1 Å². The second kappa shape index (κ2) is 12.1. The van der Waals surface area contributed by atoms with Crippen molar-refractivity contribution in [1.29, 1.82) is 0 Å². The molecule has 10 heteroatoms. The van der Waals surface area contributed by atoms with Gasteiger partial charge in [0.1, 0.15) is 23.1 Å². The van der Waals surface area contributed by atoms with E-state index in [0.717, 1.165) is 28.4 Å². The molecule has 1 aromatic carbocycles. The number of methoxy groups -OCH3 is 2. The number of carbonyl (C=O) groups is 2. The summed E-state index contributed by atoms with van der Waals surface area (Å²) in [6.07, 6.45) is 1.56. The van der Waals surface area contributed by atoms with E-state index in [1.807, 2.05) is 76.8 Å². The van der Waals surface area contributed by atoms with Gasteiger partial charge in [-0.15, -0.1) is 0 Å². The van der Waals surface area contributed by atoms with Gasteiger partial charge >= 0.3 is 5.97 Å². The van der Waals surface area contributed by atoms with Crippen molar-refractivity contribution in [3.05, 3.63) is 70.3 Å². The Kier molecular flexibility index (Phi) is 8.80. The van der Waals surface area contributed by atoms with Crippen LogP contribution in [0.2, 0.25) is 0 Å². The summed E-state index contributed by atoms with van der Waals surface area (Å²) in [6.45, 7) is 14.1. The molecule has 41 heavy (non-hydrogen) atoms. The maximum Gasteiger partial charge on any atom is 0.339 e. The summed E-state index contributed by atoms with van der Waals surface area (Å²) in [7, 11) is 3.02. The Balaban J connectivity index is 1.50. The molecule has 1 aliphatic heterocycles. The van der Waals surface area contributed by atoms with Crippen LogP contribution in [0.25, 0.3) is 0 Å². The standard InChI is InChI=1S/C31H40N6O4/c1-19(2)27-28(32-16-22-9-11-23(40-7)12-10-22)33-17-24(35-27)29(38)37-14-13-36(18-31(37,5)6)25-15-20(3)26(21(4)34-25)30(39)41-8/h9-12,15,17,19H,13-14,16,18H2,1-8H3,(H,32,33). The fourth-order valence-electron chi connectivity index (χ4n) is 5.22. The predicted molar refractivity (Wildman–Crippen MR) is 159 cm³/mol. The molecule has 0 aliphatic carbocycles. The van der Waals surface area contributed by atoms with Gasteiger partial charge in [0, 0.05) is 26.2 Å². The first kappa shape index (κ1) is 29.8. The van der Waals surface area contributed by atoms with Crippen molar-refractivity contribution in [2.24, 2.45) is 0 Å². The molecule has 1 aliphatic rings. The Morgan fingerprint density at radius 3 is 2.37 bits per heavy atom. The third-order valence-corrected chi connectivity index (χ3v) is 7.43. The zero-order valence-electron chi connectivity index (χ0n) is 25.2. The maximum absolute atomic E-state index is 13.8. The van der Waals surface area contributed by atoms with Crippen molar-refractivity contribution in [2.45, 2.75) is 59.5 Å². The Morgan fingerprint density at radius 1 is 1.07 bits per heavy atom. The minimum Gasteiger partial charge on any atom is -0.497 e. The van der Waals surface area contributed by atoms with Crippen molar-refractivity contribution in [1.82, 2.24) is 19.9 Å². The number of piperazine rings is 1. The zero-order valence-corrected chi connectivity index (χ0v) is 25.2. The summed E-state index contributed by atoms with van der Waals surface area (Å²) in [4.78, 5) is 44.0. The smallest absolute Gasteiger partial charge is 0.339 e. The third kappa shape index (κ3) is 6.42. The van der Waals surface area contributed by atoms with Crippen molar-refractivity contribution < 1.29 is 19.1 Å². The number of amides is 1. The monoisotopic (exact) mass is 560 g/mol. The van der Waals surface area contributed by atoms with Gasteiger partial charge in [0.25, 0.3) is 5.91 Å². The molecular formula is C31H40N6O4. The lowest BCUT2D eigenvalue weighted by Gasteiger charge is -2.47. The average Bonchev–Trinajstić information content (AvgIpc) is 2.94. The van der Waals surface area contributed by atoms with Crippen molar-refractivity contribution >= 4 is 23.5 Å². The van der Waals surface area contributed by atoms with Crippen molar-refractivity contribution in [2.75, 3.05) is 44.1 Å². The minimum atomic E-state index is -0.495. The minimum absolute atomic E-state index is 0.0731. The molecule has 3 aromatic rings. The van der Waals surface area contributed by atoms with Gasteiger partial charge in [-0.25, -0.2) is 19.7 Å². The number of benzene rings is 1. The molecule has 0 unspecified atom stereocenters. The highest BCUT2D eigenvalue weighted by molar-refractivity contribution is 5.93. The summed E-state index contributed by atoms with van der Waals surface area (Å²) < 4.78 is 10.2. The van der Waals surface area contributed by atoms with Gasteiger partial charge in [0.15, 0.2) is 0 Å². The molecule has 1 fully saturated rings. The number of hydrogen-bond donors (Lipinski definition) is 1. The highest BCUT2D eigenvalue weighted by Crippen LogP contribution is 2.29. The molecular weight excluding hydrogens is 520 g/mol. The van der Waals surface area contributed by atoms with Gasteiger partial charge in [-0.2, -0.15) is 0 Å². The number of nitrogens with one attached hydrogen (secondary N) is 1. The van der Waals surface area contributed by atoms with Gasteiger partial charge in [0.2, 0.25) is 0 Å². The Bertz CT molecular complexity index is 1400. The van der Waals surface area contributed by atoms with Crippen molar-refractivity contribution in [3.8, 4) is 5.75 Å². The zero-order chi connectivity index (χ0) is 29.9. The number of aromatic nitrogens is 3. The number of esters is 1. The van der Waals surface area contributed by atoms with E-state index in [1.54, 1.807) is 13.3 Å². The van der Waals surface area contributed by atoms with E-state index < -0.39 is 11.5 Å². The van der Waals surface area contributed by atoms with Crippen LogP contribution in [0.1, 0.15) is 77.0 Å². The number of pyridine rings is 1. The van der Waals surface area contributed by atoms with Gasteiger partial charge in [0.05, 0.1) is 42.9 Å². The lowest BCUT2D eigenvalue weighted by molar-refractivity contribution is 0.0505. The summed E-state index contributed by atoms with van der Waals surface area (Å²) in [5.41, 5.74) is 3.60. The predicted octanol–water partition coefficient (Wildman–Crippen LogP) is 4.76. The second-order valence-corrected chi connectivity index (χ2v) is 11.3. The number of nitrogens with zero attached hydrogens (tertiary/aromatic N) is 5. The highest BCUT2D eigenvalue weighted by Gasteiger charge is 2.38. The number of carbonyl (C=O) groups excluding carboxylic acids is 2. The van der Waals surface area contributed by atoms with E-state index in [2.05, 4.69) is 15.2 Å². The van der Waals surface area contributed by atoms with E-state index in [4.69, 9.17) is 19.4 Å². The summed E-state index contributed by atoms with van der Waals surface area (Å²) in [5.74, 6) is 1.79. The van der Waals surface area contributed by atoms with Gasteiger partial charge in [-0.3, -0.25) is 4.79 Å². The molecule has 4 rings (SSSR count). The summed E-state index contributed by atoms with van der Waals surface area (Å²) >= 11 is 0. The number of rotatable bonds is 8. The molecule has 10 nitrogen and oxygen atoms in total. The van der Waals surface area contributed by atoms with E-state index >= 15 is 0 Å². The van der Waals surface area contributed by atoms with E-state index in [9.17, 15) is 9.59 Å². The molecule has 1 saturated heterocycles. The lowest BCUT2D eigenvalue weighted by atomic mass is 9.97. The molecule has 0 atom stereocenters. The molecule has 3 heterocycles. The summed E-state index contributed by atoms with van der Waals surface area (Å²) in [5, 5.41) is 3.38. The topological polar surface area (TPSA) is 110 Å². The van der Waals surface area contributed by atoms with Crippen LogP contribution >= 0.6 is 0 Å². The van der Waals surface area contributed by atoms with Gasteiger partial charge < -0.3 is 24.6 Å². The molecule has 1 amide bonds. The normalized spacial score (nSPS) is 14.7. The second-order valence-electron chi connectivity index (χ2n) is 11.3. The first-order valence-electron chi connectivity index (χ1n) is 13.8. The van der Waals surface area contributed by atoms with Crippen LogP contribution in [0.4, 0.5) is 11.6 Å². The van der Waals surface area contributed by atoms with E-state index in [0.29, 0.717) is 48.9 Å². The van der Waals surface area contributed by atoms with Crippen LogP contribution in [0.15, 0.2) is 36.5 Å². The molecule has 2 aromatic heterocycles. The van der Waals surface area contributed by atoms with Gasteiger partial charge in [-0.05, 0) is 62.9 Å². The molecule has 1 N–H and O–H groups in total. The van der Waals surface area contributed by atoms with Crippen LogP contribution < -0.4 is 15.0 Å². The maximum atomic E-state index is 13.8. The van der Waals surface area contributed by atoms with Gasteiger partial charge in [-0.1, -0.05) is 26.0 Å². The fraction of sp³-hybridized carbons (Fsp3) is 0.452.